The Balaban J connectivity index is 1.80. The van der Waals surface area contributed by atoms with Gasteiger partial charge in [-0.15, -0.1) is 11.3 Å². The Bertz CT molecular complexity index is 315. The SMILES string of the molecule is NC1CCCC(OCc2sccc2Br)C1. The van der Waals surface area contributed by atoms with Crippen molar-refractivity contribution in [3.63, 3.8) is 0 Å². The highest BCUT2D eigenvalue weighted by molar-refractivity contribution is 9.10. The van der Waals surface area contributed by atoms with E-state index in [4.69, 9.17) is 10.5 Å². The smallest absolute Gasteiger partial charge is 0.0824 e. The van der Waals surface area contributed by atoms with Gasteiger partial charge >= 0.3 is 0 Å². The molecule has 2 unspecified atom stereocenters. The van der Waals surface area contributed by atoms with E-state index in [1.54, 1.807) is 11.3 Å². The third kappa shape index (κ3) is 3.28. The fourth-order valence-electron chi connectivity index (χ4n) is 1.95. The Kier molecular flexibility index (Phi) is 4.20. The van der Waals surface area contributed by atoms with Crippen LogP contribution in [0.3, 0.4) is 0 Å². The summed E-state index contributed by atoms with van der Waals surface area (Å²) in [6.45, 7) is 0.718. The summed E-state index contributed by atoms with van der Waals surface area (Å²) in [5, 5.41) is 2.08. The van der Waals surface area contributed by atoms with Gasteiger partial charge in [0.2, 0.25) is 0 Å². The summed E-state index contributed by atoms with van der Waals surface area (Å²) in [5.41, 5.74) is 5.92. The van der Waals surface area contributed by atoms with Gasteiger partial charge in [0.15, 0.2) is 0 Å². The zero-order valence-electron chi connectivity index (χ0n) is 8.62. The number of ether oxygens (including phenoxy) is 1. The van der Waals surface area contributed by atoms with Crippen molar-refractivity contribution in [3.8, 4) is 0 Å². The molecule has 1 fully saturated rings. The predicted octanol–water partition coefficient (Wildman–Crippen LogP) is 3.30. The van der Waals surface area contributed by atoms with Crippen LogP contribution in [0.1, 0.15) is 30.6 Å². The van der Waals surface area contributed by atoms with Gasteiger partial charge in [0, 0.05) is 15.4 Å². The molecule has 15 heavy (non-hydrogen) atoms. The van der Waals surface area contributed by atoms with Crippen LogP contribution in [0.4, 0.5) is 0 Å². The zero-order chi connectivity index (χ0) is 10.7. The Labute approximate surface area is 103 Å². The molecule has 84 valence electrons. The van der Waals surface area contributed by atoms with Crippen molar-refractivity contribution in [1.82, 2.24) is 0 Å². The fraction of sp³-hybridized carbons (Fsp3) is 0.636. The standard InChI is InChI=1S/C11H16BrNOS/c12-10-4-5-15-11(10)7-14-9-3-1-2-8(13)6-9/h4-5,8-9H,1-3,6-7,13H2. The maximum Gasteiger partial charge on any atom is 0.0824 e. The Morgan fingerprint density at radius 2 is 2.40 bits per heavy atom. The minimum atomic E-state index is 0.343. The average molecular weight is 290 g/mol. The molecule has 4 heteroatoms. The second-order valence-corrected chi connectivity index (χ2v) is 5.91. The topological polar surface area (TPSA) is 35.2 Å². The minimum Gasteiger partial charge on any atom is -0.373 e. The fourth-order valence-corrected chi connectivity index (χ4v) is 3.34. The van der Waals surface area contributed by atoms with E-state index in [0.717, 1.165) is 30.3 Å². The van der Waals surface area contributed by atoms with Crippen LogP contribution in [-0.2, 0) is 11.3 Å². The highest BCUT2D eigenvalue weighted by Gasteiger charge is 2.19. The van der Waals surface area contributed by atoms with Crippen molar-refractivity contribution in [3.05, 3.63) is 20.8 Å². The molecule has 0 spiro atoms. The first-order valence-corrected chi connectivity index (χ1v) is 7.02. The largest absolute Gasteiger partial charge is 0.373 e. The molecule has 2 N–H and O–H groups in total. The van der Waals surface area contributed by atoms with Gasteiger partial charge in [0.1, 0.15) is 0 Å². The highest BCUT2D eigenvalue weighted by Crippen LogP contribution is 2.26. The molecule has 0 bridgehead atoms. The number of hydrogen-bond donors (Lipinski definition) is 1. The van der Waals surface area contributed by atoms with E-state index < -0.39 is 0 Å². The molecule has 0 radical (unpaired) electrons. The van der Waals surface area contributed by atoms with Crippen molar-refractivity contribution in [2.75, 3.05) is 0 Å². The van der Waals surface area contributed by atoms with Gasteiger partial charge in [-0.1, -0.05) is 0 Å². The second-order valence-electron chi connectivity index (χ2n) is 4.05. The monoisotopic (exact) mass is 289 g/mol. The summed E-state index contributed by atoms with van der Waals surface area (Å²) in [5.74, 6) is 0. The number of halogens is 1. The van der Waals surface area contributed by atoms with Crippen molar-refractivity contribution in [2.45, 2.75) is 44.4 Å². The molecule has 0 amide bonds. The van der Waals surface area contributed by atoms with Crippen LogP contribution in [0.2, 0.25) is 0 Å². The van der Waals surface area contributed by atoms with Gasteiger partial charge in [-0.05, 0) is 53.1 Å². The maximum atomic E-state index is 5.92. The first-order valence-electron chi connectivity index (χ1n) is 5.35. The molecule has 1 aliphatic carbocycles. The average Bonchev–Trinajstić information content (AvgIpc) is 2.61. The van der Waals surface area contributed by atoms with E-state index >= 15 is 0 Å². The van der Waals surface area contributed by atoms with Gasteiger partial charge in [-0.3, -0.25) is 0 Å². The molecule has 1 saturated carbocycles. The summed E-state index contributed by atoms with van der Waals surface area (Å²) < 4.78 is 7.04. The lowest BCUT2D eigenvalue weighted by Crippen LogP contribution is -2.32. The molecule has 1 heterocycles. The number of nitrogens with two attached hydrogens (primary N) is 1. The molecule has 0 saturated heterocycles. The van der Waals surface area contributed by atoms with E-state index in [2.05, 4.69) is 27.4 Å². The maximum absolute atomic E-state index is 5.92. The lowest BCUT2D eigenvalue weighted by atomic mass is 9.94. The molecular weight excluding hydrogens is 274 g/mol. The van der Waals surface area contributed by atoms with E-state index in [1.165, 1.54) is 11.3 Å². The first-order chi connectivity index (χ1) is 7.25. The van der Waals surface area contributed by atoms with Crippen molar-refractivity contribution in [2.24, 2.45) is 5.73 Å². The van der Waals surface area contributed by atoms with E-state index in [0.29, 0.717) is 12.1 Å². The van der Waals surface area contributed by atoms with Crippen molar-refractivity contribution >= 4 is 27.3 Å². The Hall–Kier alpha value is 0.100. The van der Waals surface area contributed by atoms with Crippen LogP contribution in [0.25, 0.3) is 0 Å². The molecule has 1 aliphatic rings. The number of rotatable bonds is 3. The molecule has 2 nitrogen and oxygen atoms in total. The quantitative estimate of drug-likeness (QED) is 0.927. The van der Waals surface area contributed by atoms with Gasteiger partial charge in [-0.2, -0.15) is 0 Å². The number of thiophene rings is 1. The summed E-state index contributed by atoms with van der Waals surface area (Å²) in [7, 11) is 0. The molecule has 0 aromatic carbocycles. The lowest BCUT2D eigenvalue weighted by molar-refractivity contribution is 0.0133. The van der Waals surface area contributed by atoms with Gasteiger partial charge in [-0.25, -0.2) is 0 Å². The van der Waals surface area contributed by atoms with Crippen LogP contribution >= 0.6 is 27.3 Å². The first kappa shape index (κ1) is 11.6. The van der Waals surface area contributed by atoms with Crippen LogP contribution in [0, 0.1) is 0 Å². The summed E-state index contributed by atoms with van der Waals surface area (Å²) in [4.78, 5) is 1.27. The van der Waals surface area contributed by atoms with Crippen LogP contribution in [0.15, 0.2) is 15.9 Å². The van der Waals surface area contributed by atoms with Crippen molar-refractivity contribution in [1.29, 1.82) is 0 Å². The Morgan fingerprint density at radius 3 is 3.07 bits per heavy atom. The third-order valence-electron chi connectivity index (χ3n) is 2.81. The molecule has 1 aromatic rings. The zero-order valence-corrected chi connectivity index (χ0v) is 11.0. The van der Waals surface area contributed by atoms with Gasteiger partial charge < -0.3 is 10.5 Å². The van der Waals surface area contributed by atoms with Gasteiger partial charge in [0.05, 0.1) is 12.7 Å². The normalized spacial score (nSPS) is 26.8. The third-order valence-corrected chi connectivity index (χ3v) is 4.71. The van der Waals surface area contributed by atoms with Crippen LogP contribution in [-0.4, -0.2) is 12.1 Å². The summed E-state index contributed by atoms with van der Waals surface area (Å²) >= 11 is 5.24. The highest BCUT2D eigenvalue weighted by atomic mass is 79.9. The molecule has 1 aromatic heterocycles. The van der Waals surface area contributed by atoms with E-state index in [9.17, 15) is 0 Å². The van der Waals surface area contributed by atoms with E-state index in [1.807, 2.05) is 0 Å². The minimum absolute atomic E-state index is 0.343. The van der Waals surface area contributed by atoms with Crippen molar-refractivity contribution < 1.29 is 4.74 Å². The molecule has 0 aliphatic heterocycles. The Morgan fingerprint density at radius 1 is 1.53 bits per heavy atom. The summed E-state index contributed by atoms with van der Waals surface area (Å²) in [6.07, 6.45) is 4.91. The second kappa shape index (κ2) is 5.43. The number of hydrogen-bond acceptors (Lipinski definition) is 3. The van der Waals surface area contributed by atoms with Gasteiger partial charge in [0.25, 0.3) is 0 Å². The van der Waals surface area contributed by atoms with E-state index in [-0.39, 0.29) is 0 Å². The van der Waals surface area contributed by atoms with Crippen LogP contribution in [0.5, 0.6) is 0 Å². The lowest BCUT2D eigenvalue weighted by Gasteiger charge is -2.26. The molecule has 2 atom stereocenters. The van der Waals surface area contributed by atoms with Crippen LogP contribution < -0.4 is 5.73 Å². The molecule has 2 rings (SSSR count). The predicted molar refractivity (Wildman–Crippen MR) is 67.0 cm³/mol. The summed E-state index contributed by atoms with van der Waals surface area (Å²) in [6, 6.07) is 2.41. The molecular formula is C11H16BrNOS.